The van der Waals surface area contributed by atoms with Crippen molar-refractivity contribution in [1.82, 2.24) is 5.32 Å². The summed E-state index contributed by atoms with van der Waals surface area (Å²) in [5.74, 6) is 2.56. The second-order valence-electron chi connectivity index (χ2n) is 3.02. The Morgan fingerprint density at radius 2 is 1.83 bits per heavy atom. The van der Waals surface area contributed by atoms with Gasteiger partial charge in [-0.3, -0.25) is 0 Å². The molecular formula is C10H23NS. The van der Waals surface area contributed by atoms with Crippen LogP contribution in [0.15, 0.2) is 0 Å². The molecule has 0 amide bonds. The molecule has 0 aromatic carbocycles. The first kappa shape index (κ1) is 12.3. The van der Waals surface area contributed by atoms with E-state index in [2.05, 4.69) is 26.1 Å². The number of hydrogen-bond acceptors (Lipinski definition) is 2. The van der Waals surface area contributed by atoms with Crippen molar-refractivity contribution >= 4 is 11.8 Å². The molecule has 0 aromatic heterocycles. The van der Waals surface area contributed by atoms with Crippen LogP contribution in [-0.2, 0) is 0 Å². The summed E-state index contributed by atoms with van der Waals surface area (Å²) >= 11 is 2.03. The lowest BCUT2D eigenvalue weighted by molar-refractivity contribution is 0.486. The van der Waals surface area contributed by atoms with Gasteiger partial charge in [0.05, 0.1) is 0 Å². The molecule has 0 radical (unpaired) electrons. The average Bonchev–Trinajstić information content (AvgIpc) is 2.11. The maximum absolute atomic E-state index is 3.56. The molecule has 0 bridgehead atoms. The fraction of sp³-hybridized carbons (Fsp3) is 1.00. The molecule has 0 rings (SSSR count). The summed E-state index contributed by atoms with van der Waals surface area (Å²) in [5, 5.41) is 3.56. The van der Waals surface area contributed by atoms with Gasteiger partial charge >= 0.3 is 0 Å². The Bertz CT molecular complexity index is 81.9. The highest BCUT2D eigenvalue weighted by atomic mass is 32.2. The second-order valence-corrected chi connectivity index (χ2v) is 4.41. The Labute approximate surface area is 81.7 Å². The molecule has 0 saturated heterocycles. The van der Waals surface area contributed by atoms with Gasteiger partial charge in [-0.2, -0.15) is 11.8 Å². The maximum atomic E-state index is 3.56. The molecule has 0 unspecified atom stereocenters. The molecule has 0 atom stereocenters. The van der Waals surface area contributed by atoms with Gasteiger partial charge in [-0.05, 0) is 37.3 Å². The zero-order chi connectivity index (χ0) is 9.23. The largest absolute Gasteiger partial charge is 0.314 e. The minimum Gasteiger partial charge on any atom is -0.314 e. The molecule has 0 fully saturated rings. The Kier molecular flexibility index (Phi) is 9.64. The third kappa shape index (κ3) is 6.99. The van der Waals surface area contributed by atoms with Crippen LogP contribution >= 0.6 is 11.8 Å². The highest BCUT2D eigenvalue weighted by Crippen LogP contribution is 2.01. The molecule has 0 aliphatic heterocycles. The van der Waals surface area contributed by atoms with E-state index in [-0.39, 0.29) is 0 Å². The van der Waals surface area contributed by atoms with E-state index < -0.39 is 0 Å². The Morgan fingerprint density at radius 3 is 2.33 bits per heavy atom. The minimum absolute atomic E-state index is 0.747. The van der Waals surface area contributed by atoms with Crippen LogP contribution in [0.1, 0.15) is 40.0 Å². The molecule has 0 aliphatic carbocycles. The van der Waals surface area contributed by atoms with Gasteiger partial charge in [0.1, 0.15) is 0 Å². The van der Waals surface area contributed by atoms with Gasteiger partial charge in [0.15, 0.2) is 0 Å². The van der Waals surface area contributed by atoms with Crippen LogP contribution in [0.3, 0.4) is 0 Å². The second kappa shape index (κ2) is 9.40. The molecule has 1 nitrogen and oxygen atoms in total. The third-order valence-electron chi connectivity index (χ3n) is 2.09. The molecule has 74 valence electrons. The fourth-order valence-corrected chi connectivity index (χ4v) is 1.84. The van der Waals surface area contributed by atoms with E-state index in [4.69, 9.17) is 0 Å². The normalized spacial score (nSPS) is 11.0. The summed E-state index contributed by atoms with van der Waals surface area (Å²) < 4.78 is 0. The van der Waals surface area contributed by atoms with Crippen LogP contribution in [0.4, 0.5) is 0 Å². The summed E-state index contributed by atoms with van der Waals surface area (Å²) in [6.45, 7) is 7.92. The summed E-state index contributed by atoms with van der Waals surface area (Å²) in [7, 11) is 0. The molecule has 0 aromatic rings. The van der Waals surface area contributed by atoms with Crippen molar-refractivity contribution in [2.24, 2.45) is 0 Å². The molecule has 0 aliphatic rings. The first-order valence-corrected chi connectivity index (χ1v) is 6.31. The van der Waals surface area contributed by atoms with Gasteiger partial charge in [0.2, 0.25) is 0 Å². The van der Waals surface area contributed by atoms with Crippen LogP contribution in [0.5, 0.6) is 0 Å². The lowest BCUT2D eigenvalue weighted by Gasteiger charge is -2.13. The van der Waals surface area contributed by atoms with E-state index in [0.29, 0.717) is 0 Å². The molecule has 12 heavy (non-hydrogen) atoms. The van der Waals surface area contributed by atoms with E-state index in [9.17, 15) is 0 Å². The van der Waals surface area contributed by atoms with Crippen molar-refractivity contribution in [1.29, 1.82) is 0 Å². The SMILES string of the molecule is CCSCCCNC(CC)CC. The summed E-state index contributed by atoms with van der Waals surface area (Å²) in [6.07, 6.45) is 3.84. The smallest absolute Gasteiger partial charge is 0.00618 e. The van der Waals surface area contributed by atoms with Crippen molar-refractivity contribution in [3.63, 3.8) is 0 Å². The summed E-state index contributed by atoms with van der Waals surface area (Å²) in [6, 6.07) is 0.747. The predicted molar refractivity (Wildman–Crippen MR) is 60.0 cm³/mol. The van der Waals surface area contributed by atoms with Gasteiger partial charge in [-0.15, -0.1) is 0 Å². The average molecular weight is 189 g/mol. The fourth-order valence-electron chi connectivity index (χ4n) is 1.20. The predicted octanol–water partition coefficient (Wildman–Crippen LogP) is 2.91. The Hall–Kier alpha value is 0.310. The number of rotatable bonds is 8. The monoisotopic (exact) mass is 189 g/mol. The van der Waals surface area contributed by atoms with Crippen LogP contribution in [0, 0.1) is 0 Å². The molecule has 1 N–H and O–H groups in total. The maximum Gasteiger partial charge on any atom is 0.00618 e. The minimum atomic E-state index is 0.747. The van der Waals surface area contributed by atoms with Crippen molar-refractivity contribution in [2.75, 3.05) is 18.1 Å². The van der Waals surface area contributed by atoms with Gasteiger partial charge in [-0.25, -0.2) is 0 Å². The topological polar surface area (TPSA) is 12.0 Å². The van der Waals surface area contributed by atoms with E-state index in [0.717, 1.165) is 6.04 Å². The quantitative estimate of drug-likeness (QED) is 0.589. The van der Waals surface area contributed by atoms with Gasteiger partial charge in [0, 0.05) is 6.04 Å². The van der Waals surface area contributed by atoms with Gasteiger partial charge in [-0.1, -0.05) is 20.8 Å². The van der Waals surface area contributed by atoms with Crippen molar-refractivity contribution in [3.05, 3.63) is 0 Å². The van der Waals surface area contributed by atoms with Crippen LogP contribution in [0.25, 0.3) is 0 Å². The molecule has 0 saturated carbocycles. The van der Waals surface area contributed by atoms with Gasteiger partial charge in [0.25, 0.3) is 0 Å². The van der Waals surface area contributed by atoms with Crippen LogP contribution in [0.2, 0.25) is 0 Å². The zero-order valence-corrected chi connectivity index (χ0v) is 9.54. The summed E-state index contributed by atoms with van der Waals surface area (Å²) in [5.41, 5.74) is 0. The van der Waals surface area contributed by atoms with Crippen LogP contribution < -0.4 is 5.32 Å². The summed E-state index contributed by atoms with van der Waals surface area (Å²) in [4.78, 5) is 0. The third-order valence-corrected chi connectivity index (χ3v) is 3.07. The van der Waals surface area contributed by atoms with Gasteiger partial charge < -0.3 is 5.32 Å². The molecule has 2 heteroatoms. The highest BCUT2D eigenvalue weighted by Gasteiger charge is 1.99. The van der Waals surface area contributed by atoms with E-state index in [1.807, 2.05) is 11.8 Å². The van der Waals surface area contributed by atoms with Crippen molar-refractivity contribution < 1.29 is 0 Å². The van der Waals surface area contributed by atoms with Crippen molar-refractivity contribution in [2.45, 2.75) is 46.1 Å². The standard InChI is InChI=1S/C10H23NS/c1-4-10(5-2)11-8-7-9-12-6-3/h10-11H,4-9H2,1-3H3. The van der Waals surface area contributed by atoms with E-state index >= 15 is 0 Å². The zero-order valence-electron chi connectivity index (χ0n) is 8.73. The molecule has 0 spiro atoms. The van der Waals surface area contributed by atoms with Crippen molar-refractivity contribution in [3.8, 4) is 0 Å². The van der Waals surface area contributed by atoms with Crippen LogP contribution in [-0.4, -0.2) is 24.1 Å². The molecule has 0 heterocycles. The Morgan fingerprint density at radius 1 is 1.17 bits per heavy atom. The molecular weight excluding hydrogens is 166 g/mol. The Balaban J connectivity index is 3.06. The lowest BCUT2D eigenvalue weighted by atomic mass is 10.2. The lowest BCUT2D eigenvalue weighted by Crippen LogP contribution is -2.28. The first-order valence-electron chi connectivity index (χ1n) is 5.16. The van der Waals surface area contributed by atoms with E-state index in [1.54, 1.807) is 0 Å². The number of nitrogens with one attached hydrogen (secondary N) is 1. The highest BCUT2D eigenvalue weighted by molar-refractivity contribution is 7.99. The van der Waals surface area contributed by atoms with E-state index in [1.165, 1.54) is 37.3 Å². The first-order chi connectivity index (χ1) is 5.85. The number of thioether (sulfide) groups is 1. The number of hydrogen-bond donors (Lipinski definition) is 1.